The van der Waals surface area contributed by atoms with Gasteiger partial charge in [-0.25, -0.2) is 0 Å². The maximum absolute atomic E-state index is 11.2. The molecule has 0 aliphatic carbocycles. The molecule has 1 heterocycles. The second-order valence-electron chi connectivity index (χ2n) is 3.40. The van der Waals surface area contributed by atoms with Crippen molar-refractivity contribution in [3.63, 3.8) is 0 Å². The Morgan fingerprint density at radius 3 is 2.56 bits per heavy atom. The van der Waals surface area contributed by atoms with E-state index in [2.05, 4.69) is 5.10 Å². The minimum absolute atomic E-state index is 0.271. The highest BCUT2D eigenvalue weighted by atomic mass is 35.5. The summed E-state index contributed by atoms with van der Waals surface area (Å²) >= 11 is 5.77. The van der Waals surface area contributed by atoms with Gasteiger partial charge in [0.2, 0.25) is 12.3 Å². The summed E-state index contributed by atoms with van der Waals surface area (Å²) in [6.07, 6.45) is 1.28. The third kappa shape index (κ3) is 2.12. The molecular formula is C11H9ClN2O2. The van der Waals surface area contributed by atoms with E-state index in [4.69, 9.17) is 11.6 Å². The molecule has 0 atom stereocenters. The van der Waals surface area contributed by atoms with Crippen LogP contribution >= 0.6 is 11.6 Å². The van der Waals surface area contributed by atoms with Gasteiger partial charge in [0.05, 0.1) is 5.71 Å². The van der Waals surface area contributed by atoms with Gasteiger partial charge in [0.1, 0.15) is 0 Å². The average molecular weight is 237 g/mol. The van der Waals surface area contributed by atoms with Crippen LogP contribution in [-0.2, 0) is 9.59 Å². The lowest BCUT2D eigenvalue weighted by atomic mass is 10.0. The Bertz CT molecular complexity index is 454. The molecule has 5 heteroatoms. The second kappa shape index (κ2) is 4.45. The molecule has 4 nitrogen and oxygen atoms in total. The number of halogens is 1. The molecule has 16 heavy (non-hydrogen) atoms. The highest BCUT2D eigenvalue weighted by molar-refractivity contribution is 6.30. The minimum atomic E-state index is -0.271. The van der Waals surface area contributed by atoms with Crippen LogP contribution in [0.15, 0.2) is 29.4 Å². The van der Waals surface area contributed by atoms with Gasteiger partial charge in [-0.1, -0.05) is 23.7 Å². The molecule has 2 amide bonds. The van der Waals surface area contributed by atoms with Crippen LogP contribution in [-0.4, -0.2) is 23.0 Å². The van der Waals surface area contributed by atoms with Gasteiger partial charge in [-0.05, 0) is 17.7 Å². The molecule has 0 spiro atoms. The molecule has 0 aromatic heterocycles. The zero-order chi connectivity index (χ0) is 11.5. The van der Waals surface area contributed by atoms with Crippen LogP contribution in [0.3, 0.4) is 0 Å². The predicted molar refractivity (Wildman–Crippen MR) is 60.1 cm³/mol. The Hall–Kier alpha value is -1.68. The molecule has 0 N–H and O–H groups in total. The van der Waals surface area contributed by atoms with E-state index in [-0.39, 0.29) is 5.91 Å². The Morgan fingerprint density at radius 1 is 1.25 bits per heavy atom. The van der Waals surface area contributed by atoms with Crippen LogP contribution in [0.5, 0.6) is 0 Å². The fourth-order valence-electron chi connectivity index (χ4n) is 1.50. The molecule has 1 aliphatic rings. The van der Waals surface area contributed by atoms with Gasteiger partial charge >= 0.3 is 0 Å². The first-order valence-corrected chi connectivity index (χ1v) is 5.19. The quantitative estimate of drug-likeness (QED) is 0.736. The van der Waals surface area contributed by atoms with Crippen LogP contribution < -0.4 is 0 Å². The molecule has 1 aromatic carbocycles. The van der Waals surface area contributed by atoms with Crippen molar-refractivity contribution in [2.75, 3.05) is 0 Å². The summed E-state index contributed by atoms with van der Waals surface area (Å²) in [7, 11) is 0. The smallest absolute Gasteiger partial charge is 0.250 e. The molecular weight excluding hydrogens is 228 g/mol. The summed E-state index contributed by atoms with van der Waals surface area (Å²) in [6.45, 7) is 0. The van der Waals surface area contributed by atoms with Gasteiger partial charge < -0.3 is 0 Å². The van der Waals surface area contributed by atoms with E-state index in [1.54, 1.807) is 12.1 Å². The average Bonchev–Trinajstić information content (AvgIpc) is 2.31. The number of benzene rings is 1. The van der Waals surface area contributed by atoms with E-state index in [1.807, 2.05) is 12.1 Å². The Morgan fingerprint density at radius 2 is 1.94 bits per heavy atom. The van der Waals surface area contributed by atoms with Crippen LogP contribution in [0.1, 0.15) is 18.4 Å². The molecule has 0 bridgehead atoms. The summed E-state index contributed by atoms with van der Waals surface area (Å²) < 4.78 is 0. The Balaban J connectivity index is 2.31. The lowest BCUT2D eigenvalue weighted by molar-refractivity contribution is -0.138. The lowest BCUT2D eigenvalue weighted by Crippen LogP contribution is -2.30. The molecule has 1 aliphatic heterocycles. The summed E-state index contributed by atoms with van der Waals surface area (Å²) in [4.78, 5) is 21.8. The van der Waals surface area contributed by atoms with E-state index in [0.29, 0.717) is 24.3 Å². The van der Waals surface area contributed by atoms with Gasteiger partial charge in [-0.15, -0.1) is 0 Å². The molecule has 82 valence electrons. The van der Waals surface area contributed by atoms with E-state index < -0.39 is 0 Å². The normalized spacial score (nSPS) is 15.9. The molecule has 0 saturated carbocycles. The first kappa shape index (κ1) is 10.8. The second-order valence-corrected chi connectivity index (χ2v) is 3.83. The van der Waals surface area contributed by atoms with Crippen molar-refractivity contribution >= 4 is 29.6 Å². The predicted octanol–water partition coefficient (Wildman–Crippen LogP) is 1.82. The van der Waals surface area contributed by atoms with Crippen LogP contribution in [0.2, 0.25) is 5.02 Å². The number of imide groups is 1. The van der Waals surface area contributed by atoms with E-state index in [9.17, 15) is 9.59 Å². The third-order valence-corrected chi connectivity index (χ3v) is 2.59. The number of carbonyl (C=O) groups is 2. The van der Waals surface area contributed by atoms with Crippen molar-refractivity contribution in [2.24, 2.45) is 5.10 Å². The number of hydrazone groups is 1. The van der Waals surface area contributed by atoms with Crippen molar-refractivity contribution < 1.29 is 9.59 Å². The van der Waals surface area contributed by atoms with Crippen LogP contribution in [0, 0.1) is 0 Å². The molecule has 0 saturated heterocycles. The third-order valence-electron chi connectivity index (χ3n) is 2.34. The van der Waals surface area contributed by atoms with Crippen LogP contribution in [0.25, 0.3) is 0 Å². The minimum Gasteiger partial charge on any atom is -0.276 e. The van der Waals surface area contributed by atoms with Gasteiger partial charge in [-0.2, -0.15) is 10.1 Å². The molecule has 0 fully saturated rings. The van der Waals surface area contributed by atoms with Crippen molar-refractivity contribution in [2.45, 2.75) is 12.8 Å². The van der Waals surface area contributed by atoms with Crippen molar-refractivity contribution in [1.29, 1.82) is 0 Å². The maximum Gasteiger partial charge on any atom is 0.250 e. The number of hydrogen-bond donors (Lipinski definition) is 0. The maximum atomic E-state index is 11.2. The van der Waals surface area contributed by atoms with E-state index in [0.717, 1.165) is 16.3 Å². The fraction of sp³-hybridized carbons (Fsp3) is 0.182. The van der Waals surface area contributed by atoms with E-state index in [1.165, 1.54) is 0 Å². The summed E-state index contributed by atoms with van der Waals surface area (Å²) in [5.74, 6) is -0.271. The first-order valence-electron chi connectivity index (χ1n) is 4.81. The molecule has 1 aromatic rings. The standard InChI is InChI=1S/C11H9ClN2O2/c12-9-3-1-8(2-4-9)10-5-6-11(16)14(7-15)13-10/h1-4,7H,5-6H2. The zero-order valence-corrected chi connectivity index (χ0v) is 9.15. The summed E-state index contributed by atoms with van der Waals surface area (Å²) in [6, 6.07) is 7.14. The number of amides is 2. The molecule has 2 rings (SSSR count). The lowest BCUT2D eigenvalue weighted by Gasteiger charge is -2.18. The van der Waals surface area contributed by atoms with Gasteiger partial charge in [0, 0.05) is 17.9 Å². The van der Waals surface area contributed by atoms with Gasteiger partial charge in [0.25, 0.3) is 0 Å². The fourth-order valence-corrected chi connectivity index (χ4v) is 1.63. The number of hydrogen-bond acceptors (Lipinski definition) is 3. The Kier molecular flexibility index (Phi) is 3.01. The zero-order valence-electron chi connectivity index (χ0n) is 8.39. The highest BCUT2D eigenvalue weighted by Crippen LogP contribution is 2.16. The number of rotatable bonds is 2. The summed E-state index contributed by atoms with van der Waals surface area (Å²) in [5, 5.41) is 5.45. The van der Waals surface area contributed by atoms with Gasteiger partial charge in [-0.3, -0.25) is 9.59 Å². The van der Waals surface area contributed by atoms with Crippen molar-refractivity contribution in [3.05, 3.63) is 34.9 Å². The van der Waals surface area contributed by atoms with Crippen LogP contribution in [0.4, 0.5) is 0 Å². The first-order chi connectivity index (χ1) is 7.70. The van der Waals surface area contributed by atoms with Crippen molar-refractivity contribution in [1.82, 2.24) is 5.01 Å². The van der Waals surface area contributed by atoms with E-state index >= 15 is 0 Å². The largest absolute Gasteiger partial charge is 0.276 e. The topological polar surface area (TPSA) is 49.7 Å². The Labute approximate surface area is 97.5 Å². The number of carbonyl (C=O) groups excluding carboxylic acids is 2. The van der Waals surface area contributed by atoms with Crippen molar-refractivity contribution in [3.8, 4) is 0 Å². The number of nitrogens with zero attached hydrogens (tertiary/aromatic N) is 2. The SMILES string of the molecule is O=CN1N=C(c2ccc(Cl)cc2)CCC1=O. The highest BCUT2D eigenvalue weighted by Gasteiger charge is 2.20. The summed E-state index contributed by atoms with van der Waals surface area (Å²) in [5.41, 5.74) is 1.60. The molecule has 0 radical (unpaired) electrons. The molecule has 0 unspecified atom stereocenters. The monoisotopic (exact) mass is 236 g/mol. The van der Waals surface area contributed by atoms with Gasteiger partial charge in [0.15, 0.2) is 0 Å².